The largest absolute Gasteiger partial charge is 0.489 e. The number of nitrogens with one attached hydrogen (secondary N) is 1. The highest BCUT2D eigenvalue weighted by molar-refractivity contribution is 5.69. The third-order valence-corrected chi connectivity index (χ3v) is 3.97. The Bertz CT molecular complexity index is 481. The van der Waals surface area contributed by atoms with Gasteiger partial charge in [0.15, 0.2) is 0 Å². The van der Waals surface area contributed by atoms with Gasteiger partial charge in [-0.05, 0) is 62.3 Å². The normalized spacial score (nSPS) is 26.2. The van der Waals surface area contributed by atoms with Crippen molar-refractivity contribution in [1.82, 2.24) is 10.3 Å². The van der Waals surface area contributed by atoms with Crippen LogP contribution >= 0.6 is 0 Å². The Morgan fingerprint density at radius 1 is 1.32 bits per heavy atom. The Morgan fingerprint density at radius 2 is 2.21 bits per heavy atom. The summed E-state index contributed by atoms with van der Waals surface area (Å²) in [5.41, 5.74) is 2.68. The van der Waals surface area contributed by atoms with Crippen molar-refractivity contribution < 1.29 is 4.74 Å². The predicted molar refractivity (Wildman–Crippen MR) is 77.1 cm³/mol. The van der Waals surface area contributed by atoms with Crippen molar-refractivity contribution >= 4 is 5.57 Å². The van der Waals surface area contributed by atoms with Gasteiger partial charge >= 0.3 is 0 Å². The zero-order valence-electron chi connectivity index (χ0n) is 11.7. The molecule has 3 heteroatoms. The third kappa shape index (κ3) is 2.81. The lowest BCUT2D eigenvalue weighted by atomic mass is 9.76. The molecule has 2 bridgehead atoms. The van der Waals surface area contributed by atoms with E-state index in [0.29, 0.717) is 5.92 Å². The maximum atomic E-state index is 5.74. The van der Waals surface area contributed by atoms with Gasteiger partial charge in [-0.25, -0.2) is 0 Å². The molecule has 1 saturated heterocycles. The quantitative estimate of drug-likeness (QED) is 0.905. The molecular formula is C16H22N2O. The number of hydrogen-bond donors (Lipinski definition) is 1. The van der Waals surface area contributed by atoms with Crippen molar-refractivity contribution in [2.45, 2.75) is 32.8 Å². The van der Waals surface area contributed by atoms with Crippen LogP contribution in [0.15, 0.2) is 24.5 Å². The molecule has 1 aliphatic heterocycles. The first kappa shape index (κ1) is 12.7. The van der Waals surface area contributed by atoms with E-state index in [1.807, 2.05) is 20.0 Å². The first-order valence-electron chi connectivity index (χ1n) is 7.25. The minimum absolute atomic E-state index is 0.193. The van der Waals surface area contributed by atoms with Crippen LogP contribution in [-0.4, -0.2) is 24.2 Å². The van der Waals surface area contributed by atoms with E-state index in [4.69, 9.17) is 4.74 Å². The maximum Gasteiger partial charge on any atom is 0.138 e. The van der Waals surface area contributed by atoms with E-state index < -0.39 is 0 Å². The van der Waals surface area contributed by atoms with E-state index in [0.717, 1.165) is 18.2 Å². The fourth-order valence-corrected chi connectivity index (χ4v) is 3.17. The van der Waals surface area contributed by atoms with Crippen LogP contribution in [0.1, 0.15) is 32.3 Å². The van der Waals surface area contributed by atoms with Crippen LogP contribution in [-0.2, 0) is 0 Å². The van der Waals surface area contributed by atoms with E-state index in [1.165, 1.54) is 30.5 Å². The number of ether oxygens (including phenoxy) is 1. The molecule has 102 valence electrons. The van der Waals surface area contributed by atoms with E-state index in [2.05, 4.69) is 22.4 Å². The lowest BCUT2D eigenvalue weighted by Crippen LogP contribution is -2.38. The van der Waals surface area contributed by atoms with Crippen molar-refractivity contribution in [1.29, 1.82) is 0 Å². The van der Waals surface area contributed by atoms with Gasteiger partial charge in [0.05, 0.1) is 12.3 Å². The first-order chi connectivity index (χ1) is 9.22. The SMILES string of the molecule is CC(C)Oc1cncc(C2=CCC3CNCC2C3)c1. The number of hydrogen-bond acceptors (Lipinski definition) is 3. The highest BCUT2D eigenvalue weighted by Gasteiger charge is 2.28. The molecular weight excluding hydrogens is 236 g/mol. The lowest BCUT2D eigenvalue weighted by Gasteiger charge is -2.35. The summed E-state index contributed by atoms with van der Waals surface area (Å²) >= 11 is 0. The Kier molecular flexibility index (Phi) is 3.56. The number of allylic oxidation sites excluding steroid dienone is 1. The van der Waals surface area contributed by atoms with Crippen LogP contribution in [0.2, 0.25) is 0 Å². The number of rotatable bonds is 3. The van der Waals surface area contributed by atoms with Crippen molar-refractivity contribution in [3.05, 3.63) is 30.1 Å². The molecule has 0 spiro atoms. The van der Waals surface area contributed by atoms with E-state index in [-0.39, 0.29) is 6.10 Å². The van der Waals surface area contributed by atoms with Gasteiger partial charge in [-0.1, -0.05) is 6.08 Å². The van der Waals surface area contributed by atoms with Gasteiger partial charge < -0.3 is 10.1 Å². The molecule has 0 aromatic carbocycles. The summed E-state index contributed by atoms with van der Waals surface area (Å²) < 4.78 is 5.74. The zero-order chi connectivity index (χ0) is 13.2. The molecule has 0 radical (unpaired) electrons. The zero-order valence-corrected chi connectivity index (χ0v) is 11.7. The van der Waals surface area contributed by atoms with Crippen LogP contribution in [0.4, 0.5) is 0 Å². The summed E-state index contributed by atoms with van der Waals surface area (Å²) in [6.07, 6.45) is 8.87. The van der Waals surface area contributed by atoms with E-state index in [9.17, 15) is 0 Å². The average molecular weight is 258 g/mol. The molecule has 1 N–H and O–H groups in total. The van der Waals surface area contributed by atoms with Gasteiger partial charge in [0.2, 0.25) is 0 Å². The summed E-state index contributed by atoms with van der Waals surface area (Å²) in [6.45, 7) is 6.36. The Labute approximate surface area is 115 Å². The molecule has 19 heavy (non-hydrogen) atoms. The lowest BCUT2D eigenvalue weighted by molar-refractivity contribution is 0.241. The number of nitrogens with zero attached hydrogens (tertiary/aromatic N) is 1. The van der Waals surface area contributed by atoms with Gasteiger partial charge in [0, 0.05) is 12.7 Å². The topological polar surface area (TPSA) is 34.1 Å². The van der Waals surface area contributed by atoms with E-state index >= 15 is 0 Å². The number of aromatic nitrogens is 1. The molecule has 2 unspecified atom stereocenters. The molecule has 1 aliphatic carbocycles. The minimum Gasteiger partial charge on any atom is -0.489 e. The Balaban J connectivity index is 1.85. The molecule has 0 saturated carbocycles. The van der Waals surface area contributed by atoms with Crippen LogP contribution < -0.4 is 10.1 Å². The van der Waals surface area contributed by atoms with Crippen LogP contribution in [0.25, 0.3) is 5.57 Å². The summed E-state index contributed by atoms with van der Waals surface area (Å²) in [4.78, 5) is 4.33. The van der Waals surface area contributed by atoms with Crippen molar-refractivity contribution in [2.24, 2.45) is 11.8 Å². The minimum atomic E-state index is 0.193. The first-order valence-corrected chi connectivity index (χ1v) is 7.25. The van der Waals surface area contributed by atoms with Crippen molar-refractivity contribution in [3.8, 4) is 5.75 Å². The molecule has 1 aromatic rings. The predicted octanol–water partition coefficient (Wildman–Crippen LogP) is 2.88. The monoisotopic (exact) mass is 258 g/mol. The molecule has 3 nitrogen and oxygen atoms in total. The van der Waals surface area contributed by atoms with Crippen molar-refractivity contribution in [3.63, 3.8) is 0 Å². The molecule has 1 fully saturated rings. The average Bonchev–Trinajstić information content (AvgIpc) is 2.39. The third-order valence-electron chi connectivity index (χ3n) is 3.97. The van der Waals surface area contributed by atoms with Gasteiger partial charge in [-0.3, -0.25) is 4.98 Å². The Hall–Kier alpha value is -1.35. The summed E-state index contributed by atoms with van der Waals surface area (Å²) in [6, 6.07) is 2.13. The fourth-order valence-electron chi connectivity index (χ4n) is 3.17. The van der Waals surface area contributed by atoms with Gasteiger partial charge in [0.1, 0.15) is 5.75 Å². The molecule has 2 aliphatic rings. The van der Waals surface area contributed by atoms with E-state index in [1.54, 1.807) is 6.20 Å². The second-order valence-electron chi connectivity index (χ2n) is 5.93. The molecule has 3 rings (SSSR count). The van der Waals surface area contributed by atoms with Crippen LogP contribution in [0.3, 0.4) is 0 Å². The van der Waals surface area contributed by atoms with Gasteiger partial charge in [0.25, 0.3) is 0 Å². The number of pyridine rings is 1. The standard InChI is InChI=1S/C16H22N2O/c1-11(2)19-15-6-14(9-18-10-15)16-4-3-12-5-13(16)8-17-7-12/h4,6,9-13,17H,3,5,7-8H2,1-2H3. The summed E-state index contributed by atoms with van der Waals surface area (Å²) in [5.74, 6) is 2.34. The maximum absolute atomic E-state index is 5.74. The second-order valence-corrected chi connectivity index (χ2v) is 5.93. The molecule has 1 aromatic heterocycles. The highest BCUT2D eigenvalue weighted by atomic mass is 16.5. The van der Waals surface area contributed by atoms with Crippen LogP contribution in [0.5, 0.6) is 5.75 Å². The number of fused-ring (bicyclic) bond motifs is 2. The van der Waals surface area contributed by atoms with Crippen molar-refractivity contribution in [2.75, 3.05) is 13.1 Å². The highest BCUT2D eigenvalue weighted by Crippen LogP contribution is 2.37. The fraction of sp³-hybridized carbons (Fsp3) is 0.562. The number of piperidine rings is 1. The molecule has 0 amide bonds. The van der Waals surface area contributed by atoms with Gasteiger partial charge in [-0.2, -0.15) is 0 Å². The molecule has 2 atom stereocenters. The van der Waals surface area contributed by atoms with Crippen LogP contribution in [0, 0.1) is 11.8 Å². The summed E-state index contributed by atoms with van der Waals surface area (Å²) in [5, 5.41) is 3.54. The smallest absolute Gasteiger partial charge is 0.138 e. The molecule has 2 heterocycles. The summed E-state index contributed by atoms with van der Waals surface area (Å²) in [7, 11) is 0. The van der Waals surface area contributed by atoms with Gasteiger partial charge in [-0.15, -0.1) is 0 Å². The second kappa shape index (κ2) is 5.33. The Morgan fingerprint density at radius 3 is 3.05 bits per heavy atom.